The number of hydrogen-bond acceptors (Lipinski definition) is 8. The molecule has 0 atom stereocenters. The Balaban J connectivity index is 1.45. The fourth-order valence-electron chi connectivity index (χ4n) is 4.48. The molecule has 0 aliphatic carbocycles. The highest BCUT2D eigenvalue weighted by Gasteiger charge is 2.19. The summed E-state index contributed by atoms with van der Waals surface area (Å²) in [7, 11) is 3.08. The highest BCUT2D eigenvalue weighted by Crippen LogP contribution is 2.41. The highest BCUT2D eigenvalue weighted by molar-refractivity contribution is 6.37. The van der Waals surface area contributed by atoms with E-state index in [9.17, 15) is 5.26 Å². The number of pyridine rings is 1. The third-order valence-corrected chi connectivity index (χ3v) is 7.14. The number of halogens is 2. The number of nitrogens with one attached hydrogen (secondary N) is 1. The third kappa shape index (κ3) is 5.24. The van der Waals surface area contributed by atoms with Gasteiger partial charge >= 0.3 is 0 Å². The number of fused-ring (bicyclic) bond motifs is 1. The standard InChI is InChI=1S/C28H27Cl2N5O3/c1-34-4-6-35(7-5-34)15-19-8-17(16-38-19)20-9-24-21(10-26(20)36-2)28(18(13-31)14-32-24)33-25-12-27(37-3)23(30)11-22(25)29/h8-12,14,16H,4-7,15H2,1-3H3,(H,32,33)/i1D3. The van der Waals surface area contributed by atoms with Crippen LogP contribution in [-0.4, -0.2) is 62.2 Å². The Morgan fingerprint density at radius 3 is 2.58 bits per heavy atom. The second kappa shape index (κ2) is 11.1. The second-order valence-electron chi connectivity index (χ2n) is 8.88. The SMILES string of the molecule is [2H]C([2H])([2H])N1CCN(Cc2cc(-c3cc4ncc(C#N)c(Nc5cc(OC)c(Cl)cc5Cl)c4cc3OC)co2)CC1. The Hall–Kier alpha value is -3.48. The minimum Gasteiger partial charge on any atom is -0.496 e. The Bertz CT molecular complexity index is 1630. The predicted molar refractivity (Wildman–Crippen MR) is 150 cm³/mol. The molecule has 5 rings (SSSR count). The van der Waals surface area contributed by atoms with Crippen LogP contribution in [-0.2, 0) is 6.54 Å². The van der Waals surface area contributed by atoms with Crippen LogP contribution in [0.2, 0.25) is 10.0 Å². The number of aromatic nitrogens is 1. The number of nitrogens with zero attached hydrogens (tertiary/aromatic N) is 4. The Morgan fingerprint density at radius 1 is 1.08 bits per heavy atom. The van der Waals surface area contributed by atoms with Crippen LogP contribution in [0.1, 0.15) is 15.4 Å². The number of nitriles is 1. The van der Waals surface area contributed by atoms with Crippen LogP contribution in [0.15, 0.2) is 47.2 Å². The summed E-state index contributed by atoms with van der Waals surface area (Å²) in [6.45, 7) is 0.721. The first-order chi connectivity index (χ1) is 19.6. The zero-order chi connectivity index (χ0) is 29.3. The lowest BCUT2D eigenvalue weighted by atomic mass is 10.0. The molecule has 8 nitrogen and oxygen atoms in total. The summed E-state index contributed by atoms with van der Waals surface area (Å²) in [6.07, 6.45) is 3.17. The maximum absolute atomic E-state index is 9.83. The van der Waals surface area contributed by atoms with Crippen molar-refractivity contribution >= 4 is 45.5 Å². The van der Waals surface area contributed by atoms with Gasteiger partial charge < -0.3 is 24.1 Å². The van der Waals surface area contributed by atoms with E-state index in [4.69, 9.17) is 41.2 Å². The van der Waals surface area contributed by atoms with Gasteiger partial charge in [0.2, 0.25) is 0 Å². The number of piperazine rings is 1. The van der Waals surface area contributed by atoms with E-state index in [1.807, 2.05) is 18.2 Å². The molecule has 1 aliphatic heterocycles. The summed E-state index contributed by atoms with van der Waals surface area (Å²) < 4.78 is 39.8. The van der Waals surface area contributed by atoms with Crippen LogP contribution < -0.4 is 14.8 Å². The third-order valence-electron chi connectivity index (χ3n) is 6.53. The first-order valence-corrected chi connectivity index (χ1v) is 12.6. The lowest BCUT2D eigenvalue weighted by molar-refractivity contribution is 0.140. The van der Waals surface area contributed by atoms with E-state index in [1.54, 1.807) is 25.5 Å². The number of hydrogen-bond donors (Lipinski definition) is 1. The van der Waals surface area contributed by atoms with Gasteiger partial charge in [-0.05, 0) is 31.2 Å². The Labute approximate surface area is 235 Å². The first-order valence-electron chi connectivity index (χ1n) is 13.4. The van der Waals surface area contributed by atoms with Gasteiger partial charge in [-0.15, -0.1) is 0 Å². The summed E-state index contributed by atoms with van der Waals surface area (Å²) in [5.74, 6) is 1.76. The summed E-state index contributed by atoms with van der Waals surface area (Å²) in [4.78, 5) is 8.21. The van der Waals surface area contributed by atoms with Crippen molar-refractivity contribution in [1.82, 2.24) is 14.8 Å². The van der Waals surface area contributed by atoms with Crippen molar-refractivity contribution < 1.29 is 18.0 Å². The van der Waals surface area contributed by atoms with E-state index in [1.165, 1.54) is 18.2 Å². The molecule has 0 bridgehead atoms. The fraction of sp³-hybridized carbons (Fsp3) is 0.286. The van der Waals surface area contributed by atoms with Crippen LogP contribution >= 0.6 is 23.2 Å². The maximum atomic E-state index is 9.83. The first kappa shape index (κ1) is 22.5. The van der Waals surface area contributed by atoms with Gasteiger partial charge in [0.05, 0.1) is 59.5 Å². The maximum Gasteiger partial charge on any atom is 0.139 e. The van der Waals surface area contributed by atoms with E-state index in [0.717, 1.165) is 16.9 Å². The van der Waals surface area contributed by atoms with E-state index >= 15 is 0 Å². The molecule has 2 aromatic carbocycles. The van der Waals surface area contributed by atoms with Crippen molar-refractivity contribution in [3.63, 3.8) is 0 Å². The van der Waals surface area contributed by atoms with Gasteiger partial charge in [0.1, 0.15) is 23.3 Å². The van der Waals surface area contributed by atoms with Gasteiger partial charge in [0.15, 0.2) is 0 Å². The number of anilines is 2. The molecule has 0 saturated carbocycles. The van der Waals surface area contributed by atoms with Crippen molar-refractivity contribution in [2.24, 2.45) is 0 Å². The van der Waals surface area contributed by atoms with Crippen molar-refractivity contribution in [3.05, 3.63) is 64.2 Å². The molecule has 38 heavy (non-hydrogen) atoms. The summed E-state index contributed by atoms with van der Waals surface area (Å²) in [5, 5.41) is 14.5. The molecule has 1 fully saturated rings. The average molecular weight is 555 g/mol. The van der Waals surface area contributed by atoms with Gasteiger partial charge in [0, 0.05) is 59.1 Å². The Morgan fingerprint density at radius 2 is 1.87 bits per heavy atom. The summed E-state index contributed by atoms with van der Waals surface area (Å²) >= 11 is 12.7. The topological polar surface area (TPSA) is 86.8 Å². The van der Waals surface area contributed by atoms with E-state index in [0.29, 0.717) is 82.1 Å². The predicted octanol–water partition coefficient (Wildman–Crippen LogP) is 6.18. The molecule has 0 unspecified atom stereocenters. The molecule has 3 heterocycles. The zero-order valence-corrected chi connectivity index (χ0v) is 22.4. The van der Waals surface area contributed by atoms with Crippen LogP contribution in [0.3, 0.4) is 0 Å². The van der Waals surface area contributed by atoms with Gasteiger partial charge in [-0.3, -0.25) is 9.88 Å². The van der Waals surface area contributed by atoms with Gasteiger partial charge in [-0.25, -0.2) is 0 Å². The van der Waals surface area contributed by atoms with E-state index in [-0.39, 0.29) is 0 Å². The molecule has 2 aromatic heterocycles. The van der Waals surface area contributed by atoms with Gasteiger partial charge in [-0.1, -0.05) is 23.2 Å². The van der Waals surface area contributed by atoms with Crippen molar-refractivity contribution in [2.75, 3.05) is 52.7 Å². The number of rotatable bonds is 7. The quantitative estimate of drug-likeness (QED) is 0.289. The summed E-state index contributed by atoms with van der Waals surface area (Å²) in [5.41, 5.74) is 3.56. The number of likely N-dealkylation sites (N-methyl/N-ethyl adjacent to an activating group) is 1. The van der Waals surface area contributed by atoms with Crippen LogP contribution in [0.4, 0.5) is 11.4 Å². The minimum absolute atomic E-state index is 0.321. The second-order valence-corrected chi connectivity index (χ2v) is 9.70. The van der Waals surface area contributed by atoms with Crippen molar-refractivity contribution in [3.8, 4) is 28.7 Å². The molecule has 1 N–H and O–H groups in total. The average Bonchev–Trinajstić information content (AvgIpc) is 3.41. The van der Waals surface area contributed by atoms with Crippen LogP contribution in [0.25, 0.3) is 22.0 Å². The number of benzene rings is 2. The molecular weight excluding hydrogens is 525 g/mol. The smallest absolute Gasteiger partial charge is 0.139 e. The fourth-order valence-corrected chi connectivity index (χ4v) is 4.99. The van der Waals surface area contributed by atoms with Crippen LogP contribution in [0.5, 0.6) is 11.5 Å². The molecular formula is C28H27Cl2N5O3. The van der Waals surface area contributed by atoms with E-state index < -0.39 is 6.98 Å². The van der Waals surface area contributed by atoms with Crippen LogP contribution in [0, 0.1) is 11.3 Å². The Kier molecular flexibility index (Phi) is 6.57. The van der Waals surface area contributed by atoms with Gasteiger partial charge in [-0.2, -0.15) is 5.26 Å². The highest BCUT2D eigenvalue weighted by atomic mass is 35.5. The molecule has 10 heteroatoms. The summed E-state index contributed by atoms with van der Waals surface area (Å²) in [6, 6.07) is 11.1. The molecule has 196 valence electrons. The molecule has 0 radical (unpaired) electrons. The molecule has 0 amide bonds. The van der Waals surface area contributed by atoms with E-state index in [2.05, 4.69) is 21.3 Å². The zero-order valence-electron chi connectivity index (χ0n) is 23.8. The van der Waals surface area contributed by atoms with Gasteiger partial charge in [0.25, 0.3) is 0 Å². The minimum atomic E-state index is -2.07. The number of ether oxygens (including phenoxy) is 2. The monoisotopic (exact) mass is 554 g/mol. The number of furan rings is 1. The lowest BCUT2D eigenvalue weighted by Gasteiger charge is -2.31. The van der Waals surface area contributed by atoms with Crippen molar-refractivity contribution in [1.29, 1.82) is 5.26 Å². The van der Waals surface area contributed by atoms with Crippen molar-refractivity contribution in [2.45, 2.75) is 6.54 Å². The molecule has 0 spiro atoms. The number of methoxy groups -OCH3 is 2. The largest absolute Gasteiger partial charge is 0.496 e. The normalized spacial score (nSPS) is 15.9. The lowest BCUT2D eigenvalue weighted by Crippen LogP contribution is -2.43. The molecule has 1 saturated heterocycles. The molecule has 4 aromatic rings. The molecule has 1 aliphatic rings.